The lowest BCUT2D eigenvalue weighted by molar-refractivity contribution is 0.457. The molecule has 1 aromatic carbocycles. The van der Waals surface area contributed by atoms with Gasteiger partial charge in [0.25, 0.3) is 0 Å². The fourth-order valence-electron chi connectivity index (χ4n) is 0.529. The third-order valence-corrected chi connectivity index (χ3v) is 2.46. The Hall–Kier alpha value is -0.410. The average Bonchev–Trinajstić information content (AvgIpc) is 1.93. The lowest BCUT2D eigenvalue weighted by Gasteiger charge is -1.99. The van der Waals surface area contributed by atoms with Crippen molar-refractivity contribution in [3.8, 4) is 11.5 Å². The summed E-state index contributed by atoms with van der Waals surface area (Å²) in [6.07, 6.45) is 0. The van der Waals surface area contributed by atoms with Gasteiger partial charge in [0.2, 0.25) is 0 Å². The van der Waals surface area contributed by atoms with Crippen LogP contribution in [0, 0.1) is 0 Å². The minimum atomic E-state index is -0.0497. The molecule has 54 valence electrons. The lowest BCUT2D eigenvalue weighted by Crippen LogP contribution is -1.71. The summed E-state index contributed by atoms with van der Waals surface area (Å²) >= 11 is 8.51. The van der Waals surface area contributed by atoms with Gasteiger partial charge in [-0.15, -0.1) is 0 Å². The molecule has 1 rings (SSSR count). The molecule has 0 saturated carbocycles. The van der Waals surface area contributed by atoms with Crippen molar-refractivity contribution < 1.29 is 10.2 Å². The van der Waals surface area contributed by atoms with Gasteiger partial charge in [-0.3, -0.25) is 0 Å². The molecule has 0 unspecified atom stereocenters. The van der Waals surface area contributed by atoms with Crippen LogP contribution in [0.2, 0.25) is 5.02 Å². The minimum absolute atomic E-state index is 0.0165. The van der Waals surface area contributed by atoms with E-state index < -0.39 is 0 Å². The summed E-state index contributed by atoms with van der Waals surface area (Å²) in [7, 11) is 0. The second-order valence-corrected chi connectivity index (χ2v) is 2.90. The molecule has 0 spiro atoms. The Labute approximate surface area is 71.2 Å². The fourth-order valence-corrected chi connectivity index (χ4v) is 1.02. The van der Waals surface area contributed by atoms with Crippen molar-refractivity contribution in [3.05, 3.63) is 21.6 Å². The van der Waals surface area contributed by atoms with Crippen molar-refractivity contribution in [2.45, 2.75) is 0 Å². The van der Waals surface area contributed by atoms with Gasteiger partial charge >= 0.3 is 0 Å². The first-order chi connectivity index (χ1) is 4.63. The second kappa shape index (κ2) is 2.68. The molecule has 2 nitrogen and oxygen atoms in total. The van der Waals surface area contributed by atoms with E-state index >= 15 is 0 Å². The highest BCUT2D eigenvalue weighted by atomic mass is 79.9. The van der Waals surface area contributed by atoms with E-state index in [9.17, 15) is 0 Å². The smallest absolute Gasteiger partial charge is 0.135 e. The maximum Gasteiger partial charge on any atom is 0.135 e. The van der Waals surface area contributed by atoms with Gasteiger partial charge in [-0.1, -0.05) is 11.6 Å². The molecule has 0 radical (unpaired) electrons. The quantitative estimate of drug-likeness (QED) is 0.664. The van der Waals surface area contributed by atoms with E-state index in [1.165, 1.54) is 12.1 Å². The molecule has 0 aromatic heterocycles. The molecule has 0 fully saturated rings. The first-order valence-corrected chi connectivity index (χ1v) is 3.66. The Morgan fingerprint density at radius 3 is 2.20 bits per heavy atom. The minimum Gasteiger partial charge on any atom is -0.507 e. The normalized spacial score (nSPS) is 9.80. The summed E-state index contributed by atoms with van der Waals surface area (Å²) in [6, 6.07) is 2.67. The first kappa shape index (κ1) is 7.69. The largest absolute Gasteiger partial charge is 0.507 e. The molecule has 0 amide bonds. The van der Waals surface area contributed by atoms with Crippen molar-refractivity contribution in [2.75, 3.05) is 0 Å². The van der Waals surface area contributed by atoms with Crippen LogP contribution in [0.1, 0.15) is 0 Å². The predicted octanol–water partition coefficient (Wildman–Crippen LogP) is 2.51. The topological polar surface area (TPSA) is 40.5 Å². The number of aromatic hydroxyl groups is 2. The maximum absolute atomic E-state index is 8.98. The van der Waals surface area contributed by atoms with E-state index in [0.717, 1.165) is 0 Å². The van der Waals surface area contributed by atoms with Crippen LogP contribution >= 0.6 is 27.5 Å². The third-order valence-electron chi connectivity index (χ3n) is 1.04. The zero-order valence-electron chi connectivity index (χ0n) is 4.81. The van der Waals surface area contributed by atoms with E-state index in [-0.39, 0.29) is 16.5 Å². The molecular weight excluding hydrogens is 219 g/mol. The van der Waals surface area contributed by atoms with Gasteiger partial charge in [0.1, 0.15) is 16.5 Å². The van der Waals surface area contributed by atoms with Gasteiger partial charge in [-0.25, -0.2) is 0 Å². The van der Waals surface area contributed by atoms with Gasteiger partial charge in [0, 0.05) is 0 Å². The van der Waals surface area contributed by atoms with E-state index in [2.05, 4.69) is 15.9 Å². The van der Waals surface area contributed by atoms with E-state index in [1.54, 1.807) is 0 Å². The van der Waals surface area contributed by atoms with Gasteiger partial charge < -0.3 is 10.2 Å². The van der Waals surface area contributed by atoms with Crippen molar-refractivity contribution in [1.82, 2.24) is 0 Å². The van der Waals surface area contributed by atoms with E-state index in [1.807, 2.05) is 0 Å². The maximum atomic E-state index is 8.98. The molecule has 0 aliphatic heterocycles. The number of phenols is 2. The molecule has 0 aliphatic rings. The standard InChI is InChI=1S/C6H4BrClO2/c7-5-3(9)1-2-4(10)6(5)8/h1-2,9-10H. The van der Waals surface area contributed by atoms with Crippen molar-refractivity contribution >= 4 is 27.5 Å². The summed E-state index contributed by atoms with van der Waals surface area (Å²) in [5.41, 5.74) is 0. The Balaban J connectivity index is 3.34. The number of hydrogen-bond donors (Lipinski definition) is 2. The van der Waals surface area contributed by atoms with Crippen LogP contribution in [-0.2, 0) is 0 Å². The first-order valence-electron chi connectivity index (χ1n) is 2.49. The van der Waals surface area contributed by atoms with Crippen LogP contribution in [0.3, 0.4) is 0 Å². The average molecular weight is 223 g/mol. The molecule has 0 bridgehead atoms. The van der Waals surface area contributed by atoms with Gasteiger partial charge in [-0.05, 0) is 28.1 Å². The molecule has 0 atom stereocenters. The molecule has 4 heteroatoms. The number of phenolic OH excluding ortho intramolecular Hbond substituents is 2. The van der Waals surface area contributed by atoms with E-state index in [0.29, 0.717) is 4.47 Å². The van der Waals surface area contributed by atoms with Crippen LogP contribution < -0.4 is 0 Å². The van der Waals surface area contributed by atoms with Crippen molar-refractivity contribution in [2.24, 2.45) is 0 Å². The summed E-state index contributed by atoms with van der Waals surface area (Å²) in [6.45, 7) is 0. The Morgan fingerprint density at radius 1 is 1.20 bits per heavy atom. The van der Waals surface area contributed by atoms with Crippen molar-refractivity contribution in [1.29, 1.82) is 0 Å². The zero-order valence-corrected chi connectivity index (χ0v) is 7.15. The second-order valence-electron chi connectivity index (χ2n) is 1.73. The molecular formula is C6H4BrClO2. The molecule has 2 N–H and O–H groups in total. The van der Waals surface area contributed by atoms with Crippen molar-refractivity contribution in [3.63, 3.8) is 0 Å². The van der Waals surface area contributed by atoms with Crippen LogP contribution in [0.25, 0.3) is 0 Å². The van der Waals surface area contributed by atoms with Crippen LogP contribution in [-0.4, -0.2) is 10.2 Å². The number of rotatable bonds is 0. The van der Waals surface area contributed by atoms with Crippen LogP contribution in [0.15, 0.2) is 16.6 Å². The van der Waals surface area contributed by atoms with Gasteiger partial charge in [-0.2, -0.15) is 0 Å². The van der Waals surface area contributed by atoms with Crippen LogP contribution in [0.5, 0.6) is 11.5 Å². The van der Waals surface area contributed by atoms with Gasteiger partial charge in [0.15, 0.2) is 0 Å². The van der Waals surface area contributed by atoms with Crippen LogP contribution in [0.4, 0.5) is 0 Å². The number of hydrogen-bond acceptors (Lipinski definition) is 2. The summed E-state index contributed by atoms with van der Waals surface area (Å²) in [5.74, 6) is -0.0332. The lowest BCUT2D eigenvalue weighted by atomic mass is 10.3. The molecule has 0 heterocycles. The SMILES string of the molecule is Oc1ccc(O)c(Br)c1Cl. The molecule has 0 aliphatic carbocycles. The highest BCUT2D eigenvalue weighted by Crippen LogP contribution is 2.37. The summed E-state index contributed by atoms with van der Waals surface area (Å²) in [5, 5.41) is 18.1. The summed E-state index contributed by atoms with van der Waals surface area (Å²) in [4.78, 5) is 0. The highest BCUT2D eigenvalue weighted by Gasteiger charge is 2.06. The number of halogens is 2. The van der Waals surface area contributed by atoms with Gasteiger partial charge in [0.05, 0.1) is 4.47 Å². The summed E-state index contributed by atoms with van der Waals surface area (Å²) < 4.78 is 0.314. The Kier molecular flexibility index (Phi) is 2.06. The zero-order chi connectivity index (χ0) is 7.72. The molecule has 1 aromatic rings. The Bertz CT molecular complexity index is 235. The highest BCUT2D eigenvalue weighted by molar-refractivity contribution is 9.10. The monoisotopic (exact) mass is 222 g/mol. The van der Waals surface area contributed by atoms with E-state index in [4.69, 9.17) is 21.8 Å². The number of benzene rings is 1. The fraction of sp³-hybridized carbons (Fsp3) is 0. The predicted molar refractivity (Wildman–Crippen MR) is 42.5 cm³/mol. The third kappa shape index (κ3) is 1.20. The molecule has 0 saturated heterocycles. The Morgan fingerprint density at radius 2 is 1.70 bits per heavy atom. The molecule has 10 heavy (non-hydrogen) atoms.